The molecule has 0 aromatic heterocycles. The van der Waals surface area contributed by atoms with Crippen LogP contribution in [0.4, 0.5) is 5.69 Å². The van der Waals surface area contributed by atoms with Crippen LogP contribution in [0.25, 0.3) is 0 Å². The van der Waals surface area contributed by atoms with Crippen molar-refractivity contribution in [2.75, 3.05) is 44.7 Å². The Kier molecular flexibility index (Phi) is 8.33. The van der Waals surface area contributed by atoms with Gasteiger partial charge in [-0.25, -0.2) is 4.79 Å². The molecule has 2 aliphatic heterocycles. The van der Waals surface area contributed by atoms with Gasteiger partial charge in [-0.3, -0.25) is 9.69 Å². The Hall–Kier alpha value is -4.42. The molecule has 214 valence electrons. The van der Waals surface area contributed by atoms with Gasteiger partial charge in [0.1, 0.15) is 0 Å². The summed E-state index contributed by atoms with van der Waals surface area (Å²) in [5.41, 5.74) is 7.24. The van der Waals surface area contributed by atoms with Crippen LogP contribution in [-0.2, 0) is 17.8 Å². The first kappa shape index (κ1) is 27.7. The fraction of sp³-hybridized carbons (Fsp3) is 0.278. The fourth-order valence-electron chi connectivity index (χ4n) is 6.20. The van der Waals surface area contributed by atoms with Crippen molar-refractivity contribution < 1.29 is 14.3 Å². The van der Waals surface area contributed by atoms with E-state index in [-0.39, 0.29) is 11.9 Å². The molecule has 6 rings (SSSR count). The van der Waals surface area contributed by atoms with Gasteiger partial charge in [-0.1, -0.05) is 78.9 Å². The summed E-state index contributed by atoms with van der Waals surface area (Å²) >= 11 is 0. The van der Waals surface area contributed by atoms with Gasteiger partial charge in [-0.15, -0.1) is 0 Å². The molecule has 1 fully saturated rings. The number of amides is 1. The van der Waals surface area contributed by atoms with Crippen molar-refractivity contribution in [1.29, 1.82) is 0 Å². The molecule has 6 nitrogen and oxygen atoms in total. The molecule has 2 aliphatic rings. The van der Waals surface area contributed by atoms with Crippen molar-refractivity contribution >= 4 is 17.6 Å². The molecular weight excluding hydrogens is 522 g/mol. The first-order chi connectivity index (χ1) is 20.6. The monoisotopic (exact) mass is 559 g/mol. The van der Waals surface area contributed by atoms with Gasteiger partial charge >= 0.3 is 5.97 Å². The van der Waals surface area contributed by atoms with E-state index in [2.05, 4.69) is 88.7 Å². The zero-order valence-corrected chi connectivity index (χ0v) is 24.1. The Morgan fingerprint density at radius 3 is 2.07 bits per heavy atom. The van der Waals surface area contributed by atoms with E-state index in [4.69, 9.17) is 4.74 Å². The lowest BCUT2D eigenvalue weighted by Crippen LogP contribution is -2.46. The Labute approximate surface area is 248 Å². The summed E-state index contributed by atoms with van der Waals surface area (Å²) in [7, 11) is 1.37. The molecule has 0 radical (unpaired) electrons. The van der Waals surface area contributed by atoms with E-state index in [0.29, 0.717) is 24.6 Å². The topological polar surface area (TPSA) is 53.1 Å². The van der Waals surface area contributed by atoms with Crippen molar-refractivity contribution in [3.63, 3.8) is 0 Å². The highest BCUT2D eigenvalue weighted by Gasteiger charge is 2.29. The number of anilines is 1. The van der Waals surface area contributed by atoms with E-state index in [9.17, 15) is 9.59 Å². The van der Waals surface area contributed by atoms with Gasteiger partial charge in [-0.2, -0.15) is 0 Å². The summed E-state index contributed by atoms with van der Waals surface area (Å²) < 4.78 is 4.78. The van der Waals surface area contributed by atoms with Crippen LogP contribution in [0, 0.1) is 0 Å². The molecule has 0 spiro atoms. The van der Waals surface area contributed by atoms with E-state index >= 15 is 0 Å². The minimum Gasteiger partial charge on any atom is -0.465 e. The van der Waals surface area contributed by atoms with Gasteiger partial charge < -0.3 is 14.5 Å². The van der Waals surface area contributed by atoms with Crippen LogP contribution in [0.2, 0.25) is 0 Å². The first-order valence-corrected chi connectivity index (χ1v) is 14.8. The maximum Gasteiger partial charge on any atom is 0.337 e. The Morgan fingerprint density at radius 1 is 0.810 bits per heavy atom. The second kappa shape index (κ2) is 12.6. The summed E-state index contributed by atoms with van der Waals surface area (Å²) in [6, 6.07) is 35.3. The predicted octanol–water partition coefficient (Wildman–Crippen LogP) is 5.97. The van der Waals surface area contributed by atoms with E-state index in [1.165, 1.54) is 18.2 Å². The van der Waals surface area contributed by atoms with E-state index in [0.717, 1.165) is 61.5 Å². The molecule has 0 saturated carbocycles. The van der Waals surface area contributed by atoms with Crippen molar-refractivity contribution in [2.24, 2.45) is 0 Å². The molecule has 0 N–H and O–H groups in total. The van der Waals surface area contributed by atoms with Crippen LogP contribution in [-0.4, -0.2) is 61.5 Å². The number of nitrogens with zero attached hydrogens (tertiary/aromatic N) is 3. The number of esters is 1. The van der Waals surface area contributed by atoms with Crippen molar-refractivity contribution in [3.05, 3.63) is 137 Å². The van der Waals surface area contributed by atoms with Gasteiger partial charge in [-0.05, 0) is 59.5 Å². The van der Waals surface area contributed by atoms with Crippen LogP contribution in [0.3, 0.4) is 0 Å². The zero-order valence-electron chi connectivity index (χ0n) is 24.1. The van der Waals surface area contributed by atoms with Gasteiger partial charge in [0.05, 0.1) is 12.7 Å². The number of rotatable bonds is 9. The van der Waals surface area contributed by atoms with Crippen LogP contribution in [0.15, 0.2) is 103 Å². The third-order valence-corrected chi connectivity index (χ3v) is 8.60. The zero-order chi connectivity index (χ0) is 28.9. The molecule has 42 heavy (non-hydrogen) atoms. The second-order valence-electron chi connectivity index (χ2n) is 11.2. The maximum atomic E-state index is 13.3. The predicted molar refractivity (Wildman–Crippen MR) is 166 cm³/mol. The molecule has 0 aliphatic carbocycles. The number of piperazine rings is 1. The van der Waals surface area contributed by atoms with Gasteiger partial charge in [0.2, 0.25) is 0 Å². The average molecular weight is 560 g/mol. The lowest BCUT2D eigenvalue weighted by Gasteiger charge is -2.37. The SMILES string of the molecule is COC(=O)c1ccc(CN2Cc3ccc(N4CCN(CCC(c5ccccc5)c5ccccc5)CC4)cc3C2=O)cc1. The molecule has 0 atom stereocenters. The largest absolute Gasteiger partial charge is 0.465 e. The van der Waals surface area contributed by atoms with Crippen LogP contribution >= 0.6 is 0 Å². The molecule has 4 aromatic rings. The minimum absolute atomic E-state index is 0.0652. The Morgan fingerprint density at radius 2 is 1.45 bits per heavy atom. The smallest absolute Gasteiger partial charge is 0.337 e. The molecule has 6 heteroatoms. The highest BCUT2D eigenvalue weighted by atomic mass is 16.5. The molecule has 0 bridgehead atoms. The molecule has 1 saturated heterocycles. The number of carbonyl (C=O) groups excluding carboxylic acids is 2. The average Bonchev–Trinajstić information content (AvgIpc) is 3.36. The Balaban J connectivity index is 1.05. The molecule has 2 heterocycles. The molecule has 0 unspecified atom stereocenters. The van der Waals surface area contributed by atoms with Crippen LogP contribution in [0.1, 0.15) is 55.3 Å². The quantitative estimate of drug-likeness (QED) is 0.237. The normalized spacial score (nSPS) is 15.2. The number of carbonyl (C=O) groups is 2. The van der Waals surface area contributed by atoms with Gasteiger partial charge in [0.15, 0.2) is 0 Å². The van der Waals surface area contributed by atoms with Crippen molar-refractivity contribution in [2.45, 2.75) is 25.4 Å². The molecular formula is C36H37N3O3. The van der Waals surface area contributed by atoms with Gasteiger partial charge in [0.25, 0.3) is 5.91 Å². The minimum atomic E-state index is -0.358. The number of ether oxygens (including phenoxy) is 1. The summed E-state index contributed by atoms with van der Waals surface area (Å²) in [5, 5.41) is 0. The lowest BCUT2D eigenvalue weighted by atomic mass is 9.88. The highest BCUT2D eigenvalue weighted by Crippen LogP contribution is 2.31. The second-order valence-corrected chi connectivity index (χ2v) is 11.2. The third-order valence-electron chi connectivity index (χ3n) is 8.60. The first-order valence-electron chi connectivity index (χ1n) is 14.8. The fourth-order valence-corrected chi connectivity index (χ4v) is 6.20. The van der Waals surface area contributed by atoms with E-state index in [1.807, 2.05) is 17.0 Å². The van der Waals surface area contributed by atoms with E-state index in [1.54, 1.807) is 12.1 Å². The summed E-state index contributed by atoms with van der Waals surface area (Å²) in [5.74, 6) is 0.0976. The molecule has 4 aromatic carbocycles. The lowest BCUT2D eigenvalue weighted by molar-refractivity contribution is 0.0600. The van der Waals surface area contributed by atoms with Crippen LogP contribution < -0.4 is 4.90 Å². The highest BCUT2D eigenvalue weighted by molar-refractivity contribution is 5.99. The summed E-state index contributed by atoms with van der Waals surface area (Å²) in [4.78, 5) is 31.9. The van der Waals surface area contributed by atoms with Gasteiger partial charge in [0, 0.05) is 56.4 Å². The number of benzene rings is 4. The third kappa shape index (κ3) is 6.09. The number of hydrogen-bond acceptors (Lipinski definition) is 5. The van der Waals surface area contributed by atoms with Crippen LogP contribution in [0.5, 0.6) is 0 Å². The standard InChI is InChI=1S/C36H37N3O3/c1-42-36(41)30-14-12-27(13-15-30)25-39-26-31-16-17-32(24-34(31)35(39)40)38-22-20-37(21-23-38)19-18-33(28-8-4-2-5-9-28)29-10-6-3-7-11-29/h2-17,24,33H,18-23,25-26H2,1H3. The Bertz CT molecular complexity index is 1470. The van der Waals surface area contributed by atoms with Crippen molar-refractivity contribution in [3.8, 4) is 0 Å². The number of methoxy groups -OCH3 is 1. The van der Waals surface area contributed by atoms with E-state index < -0.39 is 0 Å². The number of fused-ring (bicyclic) bond motifs is 1. The number of hydrogen-bond donors (Lipinski definition) is 0. The molecule has 1 amide bonds. The van der Waals surface area contributed by atoms with Crippen molar-refractivity contribution in [1.82, 2.24) is 9.80 Å². The summed E-state index contributed by atoms with van der Waals surface area (Å²) in [6.07, 6.45) is 1.09. The summed E-state index contributed by atoms with van der Waals surface area (Å²) in [6.45, 7) is 6.08. The maximum absolute atomic E-state index is 13.3.